The maximum atomic E-state index is 12.3. The van der Waals surface area contributed by atoms with Gasteiger partial charge in [-0.15, -0.1) is 11.6 Å². The Balaban J connectivity index is 0.000000287. The molecule has 1 aliphatic carbocycles. The second kappa shape index (κ2) is 16.0. The number of allylic oxidation sites excluding steroid dienone is 1. The van der Waals surface area contributed by atoms with Gasteiger partial charge in [0.15, 0.2) is 27.2 Å². The minimum Gasteiger partial charge on any atom is -0.380 e. The molecule has 0 spiro atoms. The second-order valence-electron chi connectivity index (χ2n) is 9.59. The van der Waals surface area contributed by atoms with Gasteiger partial charge in [0.25, 0.3) is 0 Å². The molecule has 0 aliphatic heterocycles. The zero-order valence-electron chi connectivity index (χ0n) is 23.6. The number of hydrogen-bond donors (Lipinski definition) is 0. The number of Topliss-reactive ketones (excluding diaryl/α,β-unsaturated/α-hetero) is 3. The van der Waals surface area contributed by atoms with Crippen LogP contribution in [0.4, 0.5) is 0 Å². The predicted molar refractivity (Wildman–Crippen MR) is 160 cm³/mol. The van der Waals surface area contributed by atoms with E-state index in [0.29, 0.717) is 26.2 Å². The number of rotatable bonds is 10. The van der Waals surface area contributed by atoms with Crippen molar-refractivity contribution in [2.45, 2.75) is 44.9 Å². The number of sulfone groups is 1. The van der Waals surface area contributed by atoms with E-state index in [-0.39, 0.29) is 40.1 Å². The Labute approximate surface area is 251 Å². The molecule has 11 heteroatoms. The number of amides is 1. The lowest BCUT2D eigenvalue weighted by Gasteiger charge is -2.26. The van der Waals surface area contributed by atoms with Crippen molar-refractivity contribution in [1.29, 1.82) is 0 Å². The highest BCUT2D eigenvalue weighted by Crippen LogP contribution is 2.27. The van der Waals surface area contributed by atoms with E-state index in [1.807, 2.05) is 51.1 Å². The van der Waals surface area contributed by atoms with Gasteiger partial charge in [0.1, 0.15) is 11.8 Å². The van der Waals surface area contributed by atoms with Crippen LogP contribution in [0.3, 0.4) is 0 Å². The molecule has 0 atom stereocenters. The van der Waals surface area contributed by atoms with Crippen LogP contribution in [0.15, 0.2) is 59.0 Å². The molecule has 1 saturated carbocycles. The SMILES string of the molecule is CCOCCN(C(=O)CCl)C(=C(C)C)c1ccccc1.CS(=O)(=O)c1ccc(C(=O)C2C(=O)CCCC2=O)c(Cl)c1. The van der Waals surface area contributed by atoms with Gasteiger partial charge in [-0.1, -0.05) is 47.5 Å². The number of nitrogens with zero attached hydrogens (tertiary/aromatic N) is 1. The van der Waals surface area contributed by atoms with Gasteiger partial charge in [0.2, 0.25) is 5.91 Å². The Morgan fingerprint density at radius 2 is 1.63 bits per heavy atom. The van der Waals surface area contributed by atoms with Crippen LogP contribution in [0.25, 0.3) is 5.70 Å². The lowest BCUT2D eigenvalue weighted by atomic mass is 9.82. The first kappa shape index (κ1) is 34.4. The van der Waals surface area contributed by atoms with Crippen LogP contribution in [-0.2, 0) is 29.0 Å². The summed E-state index contributed by atoms with van der Waals surface area (Å²) in [4.78, 5) is 49.7. The molecule has 0 saturated heterocycles. The van der Waals surface area contributed by atoms with Crippen molar-refractivity contribution in [1.82, 2.24) is 4.90 Å². The molecule has 3 rings (SSSR count). The summed E-state index contributed by atoms with van der Waals surface area (Å²) in [6.07, 6.45) is 1.87. The van der Waals surface area contributed by atoms with E-state index in [9.17, 15) is 27.6 Å². The van der Waals surface area contributed by atoms with Crippen molar-refractivity contribution in [3.8, 4) is 0 Å². The molecule has 41 heavy (non-hydrogen) atoms. The highest BCUT2D eigenvalue weighted by atomic mass is 35.5. The topological polar surface area (TPSA) is 115 Å². The molecule has 0 heterocycles. The van der Waals surface area contributed by atoms with Crippen LogP contribution in [0.1, 0.15) is 56.0 Å². The number of hydrogen-bond acceptors (Lipinski definition) is 7. The molecule has 8 nitrogen and oxygen atoms in total. The Hall–Kier alpha value is -2.85. The van der Waals surface area contributed by atoms with Gasteiger partial charge in [-0.25, -0.2) is 8.42 Å². The van der Waals surface area contributed by atoms with Crippen molar-refractivity contribution >= 4 is 62.0 Å². The summed E-state index contributed by atoms with van der Waals surface area (Å²) in [7, 11) is -3.44. The summed E-state index contributed by atoms with van der Waals surface area (Å²) in [5.41, 5.74) is 3.00. The number of benzene rings is 2. The molecule has 0 unspecified atom stereocenters. The standard InChI is InChI=1S/C16H22ClNO2.C14H13ClO5S/c1-4-20-11-10-18(15(19)12-17)16(13(2)3)14-8-6-5-7-9-14;1-21(19,20)8-5-6-9(10(15)7-8)14(18)13-11(16)3-2-4-12(13)17/h5-9H,4,10-12H2,1-3H3;5-7,13H,2-4H2,1H3. The van der Waals surface area contributed by atoms with Crippen LogP contribution in [-0.4, -0.2) is 68.5 Å². The summed E-state index contributed by atoms with van der Waals surface area (Å²) in [5, 5.41) is -0.0749. The van der Waals surface area contributed by atoms with E-state index in [1.54, 1.807) is 4.90 Å². The minimum absolute atomic E-state index is 0.00216. The Morgan fingerprint density at radius 3 is 2.12 bits per heavy atom. The van der Waals surface area contributed by atoms with Gasteiger partial charge >= 0.3 is 0 Å². The third kappa shape index (κ3) is 9.60. The third-order valence-electron chi connectivity index (χ3n) is 6.26. The van der Waals surface area contributed by atoms with Crippen molar-refractivity contribution in [2.75, 3.05) is 31.9 Å². The molecule has 2 aromatic carbocycles. The number of carbonyl (C=O) groups excluding carboxylic acids is 4. The molecule has 0 bridgehead atoms. The van der Waals surface area contributed by atoms with Gasteiger partial charge in [-0.2, -0.15) is 0 Å². The smallest absolute Gasteiger partial charge is 0.242 e. The van der Waals surface area contributed by atoms with Crippen molar-refractivity contribution in [3.63, 3.8) is 0 Å². The normalized spacial score (nSPS) is 13.7. The fraction of sp³-hybridized carbons (Fsp3) is 0.400. The molecule has 1 amide bonds. The molecule has 1 fully saturated rings. The number of halogens is 2. The van der Waals surface area contributed by atoms with Gasteiger partial charge in [0.05, 0.1) is 16.5 Å². The first-order valence-corrected chi connectivity index (χ1v) is 15.9. The number of ether oxygens (including phenoxy) is 1. The summed E-state index contributed by atoms with van der Waals surface area (Å²) in [6, 6.07) is 13.5. The van der Waals surface area contributed by atoms with Crippen LogP contribution >= 0.6 is 23.2 Å². The molecule has 2 aromatic rings. The van der Waals surface area contributed by atoms with Gasteiger partial charge < -0.3 is 9.64 Å². The fourth-order valence-electron chi connectivity index (χ4n) is 4.32. The lowest BCUT2D eigenvalue weighted by Crippen LogP contribution is -2.35. The molecule has 222 valence electrons. The second-order valence-corrected chi connectivity index (χ2v) is 12.3. The van der Waals surface area contributed by atoms with Crippen molar-refractivity contribution in [2.24, 2.45) is 5.92 Å². The van der Waals surface area contributed by atoms with E-state index in [4.69, 9.17) is 27.9 Å². The molecule has 0 N–H and O–H groups in total. The van der Waals surface area contributed by atoms with Crippen LogP contribution < -0.4 is 0 Å². The number of carbonyl (C=O) groups is 4. The highest BCUT2D eigenvalue weighted by molar-refractivity contribution is 7.90. The predicted octanol–water partition coefficient (Wildman–Crippen LogP) is 5.41. The van der Waals surface area contributed by atoms with Crippen LogP contribution in [0.5, 0.6) is 0 Å². The van der Waals surface area contributed by atoms with E-state index in [0.717, 1.165) is 29.2 Å². The first-order valence-electron chi connectivity index (χ1n) is 13.1. The summed E-state index contributed by atoms with van der Waals surface area (Å²) >= 11 is 11.7. The third-order valence-corrected chi connectivity index (χ3v) is 7.91. The highest BCUT2D eigenvalue weighted by Gasteiger charge is 2.37. The maximum absolute atomic E-state index is 12.3. The van der Waals surface area contributed by atoms with E-state index in [2.05, 4.69) is 0 Å². The first-order chi connectivity index (χ1) is 19.3. The molecular formula is C30H35Cl2NO7S. The Bertz CT molecular complexity index is 1390. The fourth-order valence-corrected chi connectivity index (χ4v) is 5.45. The average molecular weight is 625 g/mol. The van der Waals surface area contributed by atoms with Crippen LogP contribution in [0, 0.1) is 5.92 Å². The monoisotopic (exact) mass is 623 g/mol. The zero-order chi connectivity index (χ0) is 30.7. The van der Waals surface area contributed by atoms with E-state index >= 15 is 0 Å². The Kier molecular flexibility index (Phi) is 13.4. The molecule has 1 aliphatic rings. The van der Waals surface area contributed by atoms with Gasteiger partial charge in [-0.3, -0.25) is 19.2 Å². The molecule has 0 aromatic heterocycles. The summed E-state index contributed by atoms with van der Waals surface area (Å²) < 4.78 is 28.2. The maximum Gasteiger partial charge on any atom is 0.242 e. The van der Waals surface area contributed by atoms with E-state index < -0.39 is 33.1 Å². The minimum atomic E-state index is -3.44. The largest absolute Gasteiger partial charge is 0.380 e. The lowest BCUT2D eigenvalue weighted by molar-refractivity contribution is -0.133. The van der Waals surface area contributed by atoms with Crippen molar-refractivity contribution < 1.29 is 32.3 Å². The number of ketones is 3. The van der Waals surface area contributed by atoms with Gasteiger partial charge in [-0.05, 0) is 51.0 Å². The van der Waals surface area contributed by atoms with Crippen LogP contribution in [0.2, 0.25) is 5.02 Å². The summed E-state index contributed by atoms with van der Waals surface area (Å²) in [6.45, 7) is 7.58. The number of alkyl halides is 1. The van der Waals surface area contributed by atoms with E-state index in [1.165, 1.54) is 12.1 Å². The Morgan fingerprint density at radius 1 is 1.02 bits per heavy atom. The quantitative estimate of drug-likeness (QED) is 0.150. The molecule has 0 radical (unpaired) electrons. The zero-order valence-corrected chi connectivity index (χ0v) is 25.9. The average Bonchev–Trinajstić information content (AvgIpc) is 2.92. The summed E-state index contributed by atoms with van der Waals surface area (Å²) in [5.74, 6) is -2.91. The van der Waals surface area contributed by atoms with Crippen molar-refractivity contribution in [3.05, 3.63) is 70.3 Å². The molecular weight excluding hydrogens is 589 g/mol. The van der Waals surface area contributed by atoms with Gasteiger partial charge in [0, 0.05) is 43.5 Å².